The molecule has 0 atom stereocenters. The lowest BCUT2D eigenvalue weighted by Crippen LogP contribution is -2.49. The van der Waals surface area contributed by atoms with Crippen LogP contribution in [0.15, 0.2) is 102 Å². The standard InChI is InChI=1S/C33H35N3O3S/c1-24-20-25(2)22-30(21-24)34-40(38,39)31-23-29(15-14-26(31)3)33(37)36-18-16-35(17-19-36)32(27-10-6-4-7-11-27)28-12-8-5-9-13-28/h4-15,20-23,32,34H,16-19H2,1-3H3. The SMILES string of the molecule is Cc1cc(C)cc(NS(=O)(=O)c2cc(C(=O)N3CCN(C(c4ccccc4)c4ccccc4)CC3)ccc2C)c1. The van der Waals surface area contributed by atoms with Gasteiger partial charge in [0.05, 0.1) is 10.9 Å². The van der Waals surface area contributed by atoms with Crippen molar-refractivity contribution in [2.24, 2.45) is 0 Å². The van der Waals surface area contributed by atoms with E-state index in [4.69, 9.17) is 0 Å². The Morgan fingerprint density at radius 1 is 0.725 bits per heavy atom. The fourth-order valence-electron chi connectivity index (χ4n) is 5.52. The van der Waals surface area contributed by atoms with Gasteiger partial charge in [-0.25, -0.2) is 8.42 Å². The Morgan fingerprint density at radius 3 is 1.82 bits per heavy atom. The molecule has 1 heterocycles. The zero-order valence-electron chi connectivity index (χ0n) is 23.2. The van der Waals surface area contributed by atoms with Gasteiger partial charge >= 0.3 is 0 Å². The molecule has 1 fully saturated rings. The summed E-state index contributed by atoms with van der Waals surface area (Å²) in [5.41, 5.74) is 5.86. The van der Waals surface area contributed by atoms with Gasteiger partial charge in [0.25, 0.3) is 15.9 Å². The molecule has 0 saturated carbocycles. The van der Waals surface area contributed by atoms with Crippen LogP contribution in [-0.4, -0.2) is 50.3 Å². The molecule has 206 valence electrons. The number of nitrogens with zero attached hydrogens (tertiary/aromatic N) is 2. The lowest BCUT2D eigenvalue weighted by Gasteiger charge is -2.40. The van der Waals surface area contributed by atoms with Crippen molar-refractivity contribution in [3.8, 4) is 0 Å². The molecule has 1 saturated heterocycles. The first kappa shape index (κ1) is 27.6. The zero-order chi connectivity index (χ0) is 28.3. The fourth-order valence-corrected chi connectivity index (χ4v) is 6.83. The molecule has 5 rings (SSSR count). The molecule has 1 amide bonds. The Hall–Kier alpha value is -3.94. The lowest BCUT2D eigenvalue weighted by molar-refractivity contribution is 0.0597. The number of amides is 1. The maximum Gasteiger partial charge on any atom is 0.262 e. The van der Waals surface area contributed by atoms with Crippen molar-refractivity contribution < 1.29 is 13.2 Å². The third kappa shape index (κ3) is 6.11. The minimum Gasteiger partial charge on any atom is -0.336 e. The van der Waals surface area contributed by atoms with Crippen molar-refractivity contribution in [1.29, 1.82) is 0 Å². The van der Waals surface area contributed by atoms with E-state index in [0.717, 1.165) is 11.1 Å². The molecule has 1 aliphatic heterocycles. The van der Waals surface area contributed by atoms with Crippen molar-refractivity contribution >= 4 is 21.6 Å². The third-order valence-corrected chi connectivity index (χ3v) is 8.92. The van der Waals surface area contributed by atoms with E-state index in [2.05, 4.69) is 58.2 Å². The highest BCUT2D eigenvalue weighted by Crippen LogP contribution is 2.30. The van der Waals surface area contributed by atoms with E-state index < -0.39 is 10.0 Å². The summed E-state index contributed by atoms with van der Waals surface area (Å²) in [4.78, 5) is 17.9. The third-order valence-electron chi connectivity index (χ3n) is 7.40. The first-order chi connectivity index (χ1) is 19.2. The van der Waals surface area contributed by atoms with Crippen LogP contribution in [0.5, 0.6) is 0 Å². The van der Waals surface area contributed by atoms with E-state index in [1.54, 1.807) is 31.2 Å². The number of carbonyl (C=O) groups excluding carboxylic acids is 1. The predicted molar refractivity (Wildman–Crippen MR) is 160 cm³/mol. The summed E-state index contributed by atoms with van der Waals surface area (Å²) in [6, 6.07) is 31.5. The number of hydrogen-bond acceptors (Lipinski definition) is 4. The van der Waals surface area contributed by atoms with Gasteiger partial charge in [-0.1, -0.05) is 72.8 Å². The highest BCUT2D eigenvalue weighted by Gasteiger charge is 2.29. The number of aryl methyl sites for hydroxylation is 3. The molecule has 0 radical (unpaired) electrons. The van der Waals surface area contributed by atoms with E-state index in [9.17, 15) is 13.2 Å². The highest BCUT2D eigenvalue weighted by atomic mass is 32.2. The van der Waals surface area contributed by atoms with E-state index >= 15 is 0 Å². The molecular weight excluding hydrogens is 518 g/mol. The summed E-state index contributed by atoms with van der Waals surface area (Å²) in [7, 11) is -3.87. The normalized spacial score (nSPS) is 14.3. The monoisotopic (exact) mass is 553 g/mol. The van der Waals surface area contributed by atoms with E-state index in [-0.39, 0.29) is 16.8 Å². The van der Waals surface area contributed by atoms with Crippen LogP contribution in [0.4, 0.5) is 5.69 Å². The number of benzene rings is 4. The lowest BCUT2D eigenvalue weighted by atomic mass is 9.96. The number of rotatable bonds is 7. The minimum atomic E-state index is -3.87. The summed E-state index contributed by atoms with van der Waals surface area (Å²) < 4.78 is 29.4. The molecule has 0 bridgehead atoms. The summed E-state index contributed by atoms with van der Waals surface area (Å²) in [6.07, 6.45) is 0. The molecule has 0 aliphatic carbocycles. The van der Waals surface area contributed by atoms with Crippen LogP contribution in [0.2, 0.25) is 0 Å². The fraction of sp³-hybridized carbons (Fsp3) is 0.242. The van der Waals surface area contributed by atoms with Gasteiger partial charge in [0.1, 0.15) is 0 Å². The molecule has 40 heavy (non-hydrogen) atoms. The molecule has 0 aromatic heterocycles. The van der Waals surface area contributed by atoms with Crippen LogP contribution >= 0.6 is 0 Å². The molecule has 7 heteroatoms. The Labute approximate surface area is 237 Å². The van der Waals surface area contributed by atoms with Crippen molar-refractivity contribution in [2.75, 3.05) is 30.9 Å². The largest absolute Gasteiger partial charge is 0.336 e. The van der Waals surface area contributed by atoms with Gasteiger partial charge in [0.15, 0.2) is 0 Å². The van der Waals surface area contributed by atoms with Gasteiger partial charge in [-0.15, -0.1) is 0 Å². The van der Waals surface area contributed by atoms with Gasteiger partial charge in [0, 0.05) is 37.4 Å². The summed E-state index contributed by atoms with van der Waals surface area (Å²) in [5.74, 6) is -0.154. The Morgan fingerprint density at radius 2 is 1.27 bits per heavy atom. The van der Waals surface area contributed by atoms with Gasteiger partial charge in [0.2, 0.25) is 0 Å². The summed E-state index contributed by atoms with van der Waals surface area (Å²) >= 11 is 0. The number of anilines is 1. The molecule has 0 spiro atoms. The second kappa shape index (κ2) is 11.7. The maximum absolute atomic E-state index is 13.5. The number of carbonyl (C=O) groups is 1. The van der Waals surface area contributed by atoms with Crippen LogP contribution in [0, 0.1) is 20.8 Å². The number of hydrogen-bond donors (Lipinski definition) is 1. The van der Waals surface area contributed by atoms with Crippen LogP contribution in [0.1, 0.15) is 44.2 Å². The van der Waals surface area contributed by atoms with Gasteiger partial charge in [-0.05, 0) is 72.9 Å². The number of piperazine rings is 1. The summed E-state index contributed by atoms with van der Waals surface area (Å²) in [6.45, 7) is 8.15. The minimum absolute atomic E-state index is 0.104. The van der Waals surface area contributed by atoms with Crippen LogP contribution in [0.3, 0.4) is 0 Å². The first-order valence-electron chi connectivity index (χ1n) is 13.6. The molecule has 1 N–H and O–H groups in total. The molecular formula is C33H35N3O3S. The topological polar surface area (TPSA) is 69.7 Å². The van der Waals surface area contributed by atoms with E-state index in [1.165, 1.54) is 17.2 Å². The van der Waals surface area contributed by atoms with Crippen LogP contribution in [0.25, 0.3) is 0 Å². The molecule has 4 aromatic rings. The van der Waals surface area contributed by atoms with Crippen molar-refractivity contribution in [2.45, 2.75) is 31.7 Å². The van der Waals surface area contributed by atoms with E-state index in [1.807, 2.05) is 36.9 Å². The van der Waals surface area contributed by atoms with Crippen molar-refractivity contribution in [3.63, 3.8) is 0 Å². The Bertz CT molecular complexity index is 1540. The Kier molecular flexibility index (Phi) is 8.05. The number of sulfonamides is 1. The second-order valence-corrected chi connectivity index (χ2v) is 12.2. The van der Waals surface area contributed by atoms with Crippen LogP contribution in [-0.2, 0) is 10.0 Å². The quantitative estimate of drug-likeness (QED) is 0.307. The zero-order valence-corrected chi connectivity index (χ0v) is 24.0. The smallest absolute Gasteiger partial charge is 0.262 e. The number of nitrogens with one attached hydrogen (secondary N) is 1. The average Bonchev–Trinajstić information content (AvgIpc) is 2.94. The molecule has 4 aromatic carbocycles. The molecule has 6 nitrogen and oxygen atoms in total. The van der Waals surface area contributed by atoms with Crippen LogP contribution < -0.4 is 4.72 Å². The molecule has 1 aliphatic rings. The Balaban J connectivity index is 1.33. The van der Waals surface area contributed by atoms with Crippen molar-refractivity contribution in [3.05, 3.63) is 130 Å². The van der Waals surface area contributed by atoms with Gasteiger partial charge in [-0.2, -0.15) is 0 Å². The summed E-state index contributed by atoms with van der Waals surface area (Å²) in [5, 5.41) is 0. The maximum atomic E-state index is 13.5. The predicted octanol–water partition coefficient (Wildman–Crippen LogP) is 5.96. The van der Waals surface area contributed by atoms with Gasteiger partial charge < -0.3 is 4.90 Å². The van der Waals surface area contributed by atoms with Gasteiger partial charge in [-0.3, -0.25) is 14.4 Å². The highest BCUT2D eigenvalue weighted by molar-refractivity contribution is 7.92. The van der Waals surface area contributed by atoms with E-state index in [0.29, 0.717) is 43.0 Å². The second-order valence-electron chi connectivity index (χ2n) is 10.5. The molecule has 0 unspecified atom stereocenters. The van der Waals surface area contributed by atoms with Crippen molar-refractivity contribution in [1.82, 2.24) is 9.80 Å². The average molecular weight is 554 g/mol. The first-order valence-corrected chi connectivity index (χ1v) is 15.0.